The molecule has 1 atom stereocenters. The van der Waals surface area contributed by atoms with Gasteiger partial charge >= 0.3 is 0 Å². The van der Waals surface area contributed by atoms with E-state index >= 15 is 0 Å². The van der Waals surface area contributed by atoms with Crippen LogP contribution in [-0.2, 0) is 4.79 Å². The minimum atomic E-state index is -0.114. The van der Waals surface area contributed by atoms with Gasteiger partial charge in [0, 0.05) is 12.2 Å². The van der Waals surface area contributed by atoms with Crippen molar-refractivity contribution in [2.75, 3.05) is 11.9 Å². The van der Waals surface area contributed by atoms with Crippen molar-refractivity contribution in [3.05, 3.63) is 42.5 Å². The van der Waals surface area contributed by atoms with Gasteiger partial charge in [0.05, 0.1) is 6.04 Å². The van der Waals surface area contributed by atoms with E-state index in [9.17, 15) is 4.79 Å². The Morgan fingerprint density at radius 1 is 1.53 bits per heavy atom. The molecule has 2 N–H and O–H groups in total. The van der Waals surface area contributed by atoms with Gasteiger partial charge in [-0.2, -0.15) is 0 Å². The molecule has 0 saturated carbocycles. The van der Waals surface area contributed by atoms with Crippen LogP contribution in [0.3, 0.4) is 0 Å². The number of carbonyl (C=O) groups is 1. The number of hydrogen-bond acceptors (Lipinski definition) is 2. The standard InChI is InChI=1S/C12H14N2O/c1-2-12(15)14-11-7-8-13-10-6-4-3-5-9(10)11/h2-6,11,13H,1,7-8H2,(H,14,15). The van der Waals surface area contributed by atoms with Gasteiger partial charge in [0.1, 0.15) is 0 Å². The average molecular weight is 202 g/mol. The molecule has 1 aliphatic heterocycles. The second-order valence-corrected chi connectivity index (χ2v) is 3.57. The Kier molecular flexibility index (Phi) is 2.72. The minimum Gasteiger partial charge on any atom is -0.385 e. The molecule has 0 aliphatic carbocycles. The predicted molar refractivity (Wildman–Crippen MR) is 60.6 cm³/mol. The van der Waals surface area contributed by atoms with Crippen molar-refractivity contribution < 1.29 is 4.79 Å². The highest BCUT2D eigenvalue weighted by Crippen LogP contribution is 2.28. The lowest BCUT2D eigenvalue weighted by molar-refractivity contribution is -0.117. The SMILES string of the molecule is C=CC(=O)NC1CCNc2ccccc21. The number of carbonyl (C=O) groups excluding carboxylic acids is 1. The van der Waals surface area contributed by atoms with Crippen LogP contribution < -0.4 is 10.6 Å². The van der Waals surface area contributed by atoms with Gasteiger partial charge in [-0.3, -0.25) is 4.79 Å². The van der Waals surface area contributed by atoms with Crippen molar-refractivity contribution in [2.24, 2.45) is 0 Å². The summed E-state index contributed by atoms with van der Waals surface area (Å²) in [5, 5.41) is 6.23. The third-order valence-corrected chi connectivity index (χ3v) is 2.59. The maximum absolute atomic E-state index is 11.2. The van der Waals surface area contributed by atoms with Crippen LogP contribution in [0.25, 0.3) is 0 Å². The molecule has 1 aromatic rings. The van der Waals surface area contributed by atoms with E-state index in [4.69, 9.17) is 0 Å². The number of fused-ring (bicyclic) bond motifs is 1. The summed E-state index contributed by atoms with van der Waals surface area (Å²) in [5.41, 5.74) is 2.26. The van der Waals surface area contributed by atoms with E-state index in [1.54, 1.807) is 0 Å². The van der Waals surface area contributed by atoms with Crippen molar-refractivity contribution in [1.29, 1.82) is 0 Å². The molecule has 2 rings (SSSR count). The van der Waals surface area contributed by atoms with Crippen LogP contribution in [0.5, 0.6) is 0 Å². The number of anilines is 1. The molecule has 0 bridgehead atoms. The summed E-state index contributed by atoms with van der Waals surface area (Å²) in [6.45, 7) is 4.34. The number of para-hydroxylation sites is 1. The van der Waals surface area contributed by atoms with Gasteiger partial charge in [-0.05, 0) is 24.1 Å². The Balaban J connectivity index is 2.22. The first-order valence-electron chi connectivity index (χ1n) is 5.07. The molecule has 15 heavy (non-hydrogen) atoms. The molecule has 1 unspecified atom stereocenters. The quantitative estimate of drug-likeness (QED) is 0.718. The zero-order chi connectivity index (χ0) is 10.7. The lowest BCUT2D eigenvalue weighted by atomic mass is 9.98. The zero-order valence-electron chi connectivity index (χ0n) is 8.49. The second-order valence-electron chi connectivity index (χ2n) is 3.57. The molecule has 3 nitrogen and oxygen atoms in total. The molecule has 1 aromatic carbocycles. The van der Waals surface area contributed by atoms with E-state index in [1.807, 2.05) is 24.3 Å². The first-order chi connectivity index (χ1) is 7.31. The molecular weight excluding hydrogens is 188 g/mol. The number of nitrogens with one attached hydrogen (secondary N) is 2. The maximum Gasteiger partial charge on any atom is 0.243 e. The minimum absolute atomic E-state index is 0.105. The zero-order valence-corrected chi connectivity index (χ0v) is 8.49. The second kappa shape index (κ2) is 4.17. The first-order valence-corrected chi connectivity index (χ1v) is 5.07. The van der Waals surface area contributed by atoms with Crippen LogP contribution in [-0.4, -0.2) is 12.5 Å². The Hall–Kier alpha value is -1.77. The van der Waals surface area contributed by atoms with E-state index in [0.717, 1.165) is 24.2 Å². The number of hydrogen-bond donors (Lipinski definition) is 2. The monoisotopic (exact) mass is 202 g/mol. The van der Waals surface area contributed by atoms with Gasteiger partial charge in [0.15, 0.2) is 0 Å². The maximum atomic E-state index is 11.2. The van der Waals surface area contributed by atoms with Crippen molar-refractivity contribution in [3.63, 3.8) is 0 Å². The first kappa shape index (κ1) is 9.77. The largest absolute Gasteiger partial charge is 0.385 e. The molecule has 0 saturated heterocycles. The lowest BCUT2D eigenvalue weighted by Crippen LogP contribution is -2.31. The molecule has 3 heteroatoms. The molecule has 0 fully saturated rings. The van der Waals surface area contributed by atoms with Crippen LogP contribution in [0.15, 0.2) is 36.9 Å². The summed E-state index contributed by atoms with van der Waals surface area (Å²) in [6, 6.07) is 8.15. The molecule has 1 amide bonds. The van der Waals surface area contributed by atoms with Gasteiger partial charge in [0.2, 0.25) is 5.91 Å². The van der Waals surface area contributed by atoms with Crippen LogP contribution in [0.4, 0.5) is 5.69 Å². The Morgan fingerprint density at radius 3 is 3.13 bits per heavy atom. The van der Waals surface area contributed by atoms with Crippen molar-refractivity contribution in [2.45, 2.75) is 12.5 Å². The Morgan fingerprint density at radius 2 is 2.33 bits per heavy atom. The van der Waals surface area contributed by atoms with E-state index < -0.39 is 0 Å². The third kappa shape index (κ3) is 2.01. The van der Waals surface area contributed by atoms with Crippen LogP contribution in [0.1, 0.15) is 18.0 Å². The summed E-state index contributed by atoms with van der Waals surface area (Å²) >= 11 is 0. The Bertz CT molecular complexity index is 387. The predicted octanol–water partition coefficient (Wildman–Crippen LogP) is 1.85. The summed E-state index contributed by atoms with van der Waals surface area (Å²) in [5.74, 6) is -0.114. The van der Waals surface area contributed by atoms with Crippen molar-refractivity contribution in [1.82, 2.24) is 5.32 Å². The molecule has 0 radical (unpaired) electrons. The smallest absolute Gasteiger partial charge is 0.243 e. The summed E-state index contributed by atoms with van der Waals surface area (Å²) in [7, 11) is 0. The van der Waals surface area contributed by atoms with E-state index in [0.29, 0.717) is 0 Å². The van der Waals surface area contributed by atoms with E-state index in [1.165, 1.54) is 6.08 Å². The van der Waals surface area contributed by atoms with Gasteiger partial charge in [0.25, 0.3) is 0 Å². The van der Waals surface area contributed by atoms with E-state index in [-0.39, 0.29) is 11.9 Å². The summed E-state index contributed by atoms with van der Waals surface area (Å²) in [4.78, 5) is 11.2. The molecule has 78 valence electrons. The average Bonchev–Trinajstić information content (AvgIpc) is 2.29. The topological polar surface area (TPSA) is 41.1 Å². The molecule has 1 heterocycles. The van der Waals surface area contributed by atoms with Crippen LogP contribution >= 0.6 is 0 Å². The highest BCUT2D eigenvalue weighted by molar-refractivity contribution is 5.87. The highest BCUT2D eigenvalue weighted by atomic mass is 16.1. The van der Waals surface area contributed by atoms with Gasteiger partial charge in [-0.15, -0.1) is 0 Å². The molecular formula is C12H14N2O. The van der Waals surface area contributed by atoms with Gasteiger partial charge in [-0.25, -0.2) is 0 Å². The molecule has 1 aliphatic rings. The summed E-state index contributed by atoms with van der Waals surface area (Å²) in [6.07, 6.45) is 2.22. The molecule has 0 aromatic heterocycles. The van der Waals surface area contributed by atoms with Crippen molar-refractivity contribution >= 4 is 11.6 Å². The van der Waals surface area contributed by atoms with E-state index in [2.05, 4.69) is 17.2 Å². The Labute approximate surface area is 89.2 Å². The van der Waals surface area contributed by atoms with Gasteiger partial charge in [-0.1, -0.05) is 24.8 Å². The van der Waals surface area contributed by atoms with Gasteiger partial charge < -0.3 is 10.6 Å². The molecule has 0 spiro atoms. The van der Waals surface area contributed by atoms with Crippen LogP contribution in [0, 0.1) is 0 Å². The highest BCUT2D eigenvalue weighted by Gasteiger charge is 2.19. The summed E-state index contributed by atoms with van der Waals surface area (Å²) < 4.78 is 0. The number of benzene rings is 1. The lowest BCUT2D eigenvalue weighted by Gasteiger charge is -2.26. The fourth-order valence-electron chi connectivity index (χ4n) is 1.85. The number of rotatable bonds is 2. The fourth-order valence-corrected chi connectivity index (χ4v) is 1.85. The fraction of sp³-hybridized carbons (Fsp3) is 0.250. The van der Waals surface area contributed by atoms with Crippen LogP contribution in [0.2, 0.25) is 0 Å². The normalized spacial score (nSPS) is 18.5. The third-order valence-electron chi connectivity index (χ3n) is 2.59. The number of amides is 1. The van der Waals surface area contributed by atoms with Crippen molar-refractivity contribution in [3.8, 4) is 0 Å².